The standard InChI is InChI=1S/C16H12FNO/c1-19-14-4-2-3-12(9-14)15-8-6-11-5-7-13(17)10-16(11)18-15/h2-10H,1H3. The SMILES string of the molecule is COc1cccc(-c2ccc3ccc(F)cc3n2)c1. The van der Waals surface area contributed by atoms with Gasteiger partial charge in [-0.05, 0) is 30.3 Å². The van der Waals surface area contributed by atoms with Gasteiger partial charge in [0.25, 0.3) is 0 Å². The minimum atomic E-state index is -0.275. The minimum absolute atomic E-state index is 0.275. The van der Waals surface area contributed by atoms with Crippen molar-refractivity contribution in [1.82, 2.24) is 4.98 Å². The number of rotatable bonds is 2. The Kier molecular flexibility index (Phi) is 2.88. The van der Waals surface area contributed by atoms with Crippen molar-refractivity contribution in [2.75, 3.05) is 7.11 Å². The summed E-state index contributed by atoms with van der Waals surface area (Å²) >= 11 is 0. The summed E-state index contributed by atoms with van der Waals surface area (Å²) in [6.45, 7) is 0. The maximum atomic E-state index is 13.2. The van der Waals surface area contributed by atoms with Crippen molar-refractivity contribution in [3.63, 3.8) is 0 Å². The van der Waals surface area contributed by atoms with Crippen molar-refractivity contribution in [3.05, 3.63) is 60.4 Å². The van der Waals surface area contributed by atoms with Crippen molar-refractivity contribution in [3.8, 4) is 17.0 Å². The molecule has 0 radical (unpaired) electrons. The molecule has 0 fully saturated rings. The van der Waals surface area contributed by atoms with Crippen molar-refractivity contribution < 1.29 is 9.13 Å². The summed E-state index contributed by atoms with van der Waals surface area (Å²) < 4.78 is 18.4. The average molecular weight is 253 g/mol. The van der Waals surface area contributed by atoms with E-state index in [-0.39, 0.29) is 5.82 Å². The van der Waals surface area contributed by atoms with Crippen LogP contribution < -0.4 is 4.74 Å². The molecular weight excluding hydrogens is 241 g/mol. The van der Waals surface area contributed by atoms with E-state index in [1.807, 2.05) is 36.4 Å². The number of halogens is 1. The van der Waals surface area contributed by atoms with Gasteiger partial charge < -0.3 is 4.74 Å². The first-order chi connectivity index (χ1) is 9.26. The average Bonchev–Trinajstić information content (AvgIpc) is 2.46. The summed E-state index contributed by atoms with van der Waals surface area (Å²) in [4.78, 5) is 4.49. The van der Waals surface area contributed by atoms with Gasteiger partial charge in [-0.2, -0.15) is 0 Å². The zero-order valence-electron chi connectivity index (χ0n) is 10.4. The highest BCUT2D eigenvalue weighted by atomic mass is 19.1. The number of methoxy groups -OCH3 is 1. The zero-order chi connectivity index (χ0) is 13.2. The lowest BCUT2D eigenvalue weighted by molar-refractivity contribution is 0.415. The van der Waals surface area contributed by atoms with Crippen LogP contribution in [0.25, 0.3) is 22.2 Å². The molecule has 3 aromatic rings. The molecule has 0 saturated heterocycles. The Labute approximate surface area is 110 Å². The first-order valence-electron chi connectivity index (χ1n) is 5.97. The summed E-state index contributed by atoms with van der Waals surface area (Å²) in [6.07, 6.45) is 0. The summed E-state index contributed by atoms with van der Waals surface area (Å²) in [5.41, 5.74) is 2.41. The molecule has 3 rings (SSSR count). The van der Waals surface area contributed by atoms with Crippen LogP contribution in [0.3, 0.4) is 0 Å². The number of aromatic nitrogens is 1. The van der Waals surface area contributed by atoms with Crippen LogP contribution in [-0.2, 0) is 0 Å². The molecule has 0 spiro atoms. The number of nitrogens with zero attached hydrogens (tertiary/aromatic N) is 1. The lowest BCUT2D eigenvalue weighted by atomic mass is 10.1. The minimum Gasteiger partial charge on any atom is -0.497 e. The number of ether oxygens (including phenoxy) is 1. The monoisotopic (exact) mass is 253 g/mol. The molecule has 2 aromatic carbocycles. The summed E-state index contributed by atoms with van der Waals surface area (Å²) in [7, 11) is 1.63. The Balaban J connectivity index is 2.13. The predicted molar refractivity (Wildman–Crippen MR) is 73.7 cm³/mol. The molecule has 0 N–H and O–H groups in total. The molecule has 1 heterocycles. The smallest absolute Gasteiger partial charge is 0.125 e. The van der Waals surface area contributed by atoms with E-state index in [0.717, 1.165) is 22.4 Å². The first kappa shape index (κ1) is 11.7. The van der Waals surface area contributed by atoms with Crippen molar-refractivity contribution >= 4 is 10.9 Å². The summed E-state index contributed by atoms with van der Waals surface area (Å²) in [6, 6.07) is 16.1. The van der Waals surface area contributed by atoms with E-state index in [2.05, 4.69) is 4.98 Å². The second kappa shape index (κ2) is 4.69. The highest BCUT2D eigenvalue weighted by molar-refractivity contribution is 5.81. The normalized spacial score (nSPS) is 10.6. The van der Waals surface area contributed by atoms with Gasteiger partial charge in [0.05, 0.1) is 18.3 Å². The molecule has 19 heavy (non-hydrogen) atoms. The molecular formula is C16H12FNO. The molecule has 0 atom stereocenters. The fourth-order valence-corrected chi connectivity index (χ4v) is 2.03. The van der Waals surface area contributed by atoms with Crippen LogP contribution in [0.4, 0.5) is 4.39 Å². The van der Waals surface area contributed by atoms with E-state index in [1.54, 1.807) is 13.2 Å². The molecule has 1 aromatic heterocycles. The Bertz CT molecular complexity index is 740. The third-order valence-electron chi connectivity index (χ3n) is 3.02. The maximum Gasteiger partial charge on any atom is 0.125 e. The predicted octanol–water partition coefficient (Wildman–Crippen LogP) is 4.05. The van der Waals surface area contributed by atoms with Crippen molar-refractivity contribution in [1.29, 1.82) is 0 Å². The molecule has 0 bridgehead atoms. The molecule has 0 saturated carbocycles. The number of hydrogen-bond donors (Lipinski definition) is 0. The highest BCUT2D eigenvalue weighted by Gasteiger charge is 2.03. The first-order valence-corrected chi connectivity index (χ1v) is 5.97. The van der Waals surface area contributed by atoms with Crippen LogP contribution >= 0.6 is 0 Å². The van der Waals surface area contributed by atoms with Crippen LogP contribution in [0.1, 0.15) is 0 Å². The molecule has 3 heteroatoms. The van der Waals surface area contributed by atoms with E-state index >= 15 is 0 Å². The second-order valence-corrected chi connectivity index (χ2v) is 4.27. The topological polar surface area (TPSA) is 22.1 Å². The zero-order valence-corrected chi connectivity index (χ0v) is 10.4. The van der Waals surface area contributed by atoms with Crippen LogP contribution in [0.15, 0.2) is 54.6 Å². The van der Waals surface area contributed by atoms with Crippen molar-refractivity contribution in [2.24, 2.45) is 0 Å². The summed E-state index contributed by atoms with van der Waals surface area (Å²) in [5.74, 6) is 0.501. The van der Waals surface area contributed by atoms with Crippen LogP contribution in [0.2, 0.25) is 0 Å². The van der Waals surface area contributed by atoms with Gasteiger partial charge in [-0.25, -0.2) is 9.37 Å². The van der Waals surface area contributed by atoms with E-state index in [4.69, 9.17) is 4.74 Å². The van der Waals surface area contributed by atoms with Gasteiger partial charge in [0.1, 0.15) is 11.6 Å². The van der Waals surface area contributed by atoms with Gasteiger partial charge >= 0.3 is 0 Å². The Morgan fingerprint density at radius 3 is 2.68 bits per heavy atom. The van der Waals surface area contributed by atoms with E-state index in [9.17, 15) is 4.39 Å². The molecule has 0 amide bonds. The fraction of sp³-hybridized carbons (Fsp3) is 0.0625. The molecule has 0 aliphatic rings. The second-order valence-electron chi connectivity index (χ2n) is 4.27. The molecule has 0 aliphatic carbocycles. The largest absolute Gasteiger partial charge is 0.497 e. The summed E-state index contributed by atoms with van der Waals surface area (Å²) in [5, 5.41) is 0.924. The molecule has 94 valence electrons. The molecule has 0 unspecified atom stereocenters. The van der Waals surface area contributed by atoms with Gasteiger partial charge in [0.15, 0.2) is 0 Å². The van der Waals surface area contributed by atoms with Crippen LogP contribution in [0, 0.1) is 5.82 Å². The van der Waals surface area contributed by atoms with E-state index in [0.29, 0.717) is 5.52 Å². The molecule has 2 nitrogen and oxygen atoms in total. The van der Waals surface area contributed by atoms with Gasteiger partial charge in [0.2, 0.25) is 0 Å². The Morgan fingerprint density at radius 2 is 1.84 bits per heavy atom. The van der Waals surface area contributed by atoms with Crippen LogP contribution in [-0.4, -0.2) is 12.1 Å². The van der Waals surface area contributed by atoms with Gasteiger partial charge in [0, 0.05) is 17.0 Å². The number of benzene rings is 2. The van der Waals surface area contributed by atoms with Crippen molar-refractivity contribution in [2.45, 2.75) is 0 Å². The van der Waals surface area contributed by atoms with Gasteiger partial charge in [-0.3, -0.25) is 0 Å². The van der Waals surface area contributed by atoms with E-state index < -0.39 is 0 Å². The fourth-order valence-electron chi connectivity index (χ4n) is 2.03. The molecule has 0 aliphatic heterocycles. The third kappa shape index (κ3) is 2.27. The number of fused-ring (bicyclic) bond motifs is 1. The van der Waals surface area contributed by atoms with Gasteiger partial charge in [-0.1, -0.05) is 18.2 Å². The Hall–Kier alpha value is -2.42. The number of pyridine rings is 1. The number of hydrogen-bond acceptors (Lipinski definition) is 2. The quantitative estimate of drug-likeness (QED) is 0.687. The Morgan fingerprint density at radius 1 is 1.00 bits per heavy atom. The third-order valence-corrected chi connectivity index (χ3v) is 3.02. The van der Waals surface area contributed by atoms with Crippen LogP contribution in [0.5, 0.6) is 5.75 Å². The van der Waals surface area contributed by atoms with E-state index in [1.165, 1.54) is 12.1 Å². The highest BCUT2D eigenvalue weighted by Crippen LogP contribution is 2.24. The van der Waals surface area contributed by atoms with Gasteiger partial charge in [-0.15, -0.1) is 0 Å². The maximum absolute atomic E-state index is 13.2. The lowest BCUT2D eigenvalue weighted by Gasteiger charge is -2.05. The lowest BCUT2D eigenvalue weighted by Crippen LogP contribution is -1.88.